The second-order valence-electron chi connectivity index (χ2n) is 7.84. The largest absolute Gasteiger partial charge is 0.480 e. The van der Waals surface area contributed by atoms with Gasteiger partial charge in [-0.05, 0) is 55.5 Å². The van der Waals surface area contributed by atoms with Crippen LogP contribution in [0.2, 0.25) is 0 Å². The summed E-state index contributed by atoms with van der Waals surface area (Å²) in [6.07, 6.45) is 1.87. The van der Waals surface area contributed by atoms with E-state index in [-0.39, 0.29) is 5.91 Å². The first-order valence-electron chi connectivity index (χ1n) is 10.3. The molecule has 5 heteroatoms. The highest BCUT2D eigenvalue weighted by molar-refractivity contribution is 5.80. The molecule has 0 unspecified atom stereocenters. The van der Waals surface area contributed by atoms with Crippen LogP contribution < -0.4 is 10.1 Å². The molecule has 0 aliphatic carbocycles. The van der Waals surface area contributed by atoms with Gasteiger partial charge in [-0.15, -0.1) is 0 Å². The number of nitriles is 1. The number of likely N-dealkylation sites (tertiary alicyclic amines) is 1. The predicted octanol–water partition coefficient (Wildman–Crippen LogP) is 3.87. The Hall–Kier alpha value is -2.84. The maximum Gasteiger partial charge on any atom is 0.261 e. The highest BCUT2D eigenvalue weighted by Gasteiger charge is 2.19. The first-order chi connectivity index (χ1) is 14.1. The monoisotopic (exact) mass is 391 g/mol. The molecule has 2 atom stereocenters. The summed E-state index contributed by atoms with van der Waals surface area (Å²) in [6.45, 7) is 7.65. The Morgan fingerprint density at radius 3 is 2.72 bits per heavy atom. The van der Waals surface area contributed by atoms with Gasteiger partial charge in [0.1, 0.15) is 11.8 Å². The Kier molecular flexibility index (Phi) is 7.26. The standard InChI is InChI=1S/C24H29N3O2/c1-18-8-7-13-27(16-18)17-22-11-4-3-10-21(22)15-26-24(28)19(2)29-23-12-6-5-9-20(23)14-25/h3-6,9-12,18-19H,7-8,13,15-17H2,1-2H3,(H,26,28)/t18-,19+/m1/s1. The van der Waals surface area contributed by atoms with Gasteiger partial charge in [0.25, 0.3) is 5.91 Å². The van der Waals surface area contributed by atoms with Gasteiger partial charge in [-0.1, -0.05) is 43.3 Å². The fraction of sp³-hybridized carbons (Fsp3) is 0.417. The molecule has 29 heavy (non-hydrogen) atoms. The first kappa shape index (κ1) is 20.9. The van der Waals surface area contributed by atoms with Crippen LogP contribution in [0.3, 0.4) is 0 Å². The van der Waals surface area contributed by atoms with Crippen LogP contribution in [0.25, 0.3) is 0 Å². The molecular formula is C24H29N3O2. The van der Waals surface area contributed by atoms with Crippen LogP contribution >= 0.6 is 0 Å². The van der Waals surface area contributed by atoms with E-state index in [4.69, 9.17) is 10.00 Å². The van der Waals surface area contributed by atoms with Crippen LogP contribution in [0.1, 0.15) is 43.4 Å². The van der Waals surface area contributed by atoms with E-state index < -0.39 is 6.10 Å². The molecule has 1 aliphatic heterocycles. The zero-order valence-electron chi connectivity index (χ0n) is 17.2. The topological polar surface area (TPSA) is 65.4 Å². The molecule has 3 rings (SSSR count). The number of amides is 1. The zero-order valence-corrected chi connectivity index (χ0v) is 17.2. The van der Waals surface area contributed by atoms with Crippen molar-refractivity contribution < 1.29 is 9.53 Å². The molecule has 0 bridgehead atoms. The minimum Gasteiger partial charge on any atom is -0.480 e. The van der Waals surface area contributed by atoms with Gasteiger partial charge in [0.15, 0.2) is 6.10 Å². The summed E-state index contributed by atoms with van der Waals surface area (Å²) >= 11 is 0. The molecule has 1 amide bonds. The number of benzene rings is 2. The van der Waals surface area contributed by atoms with E-state index in [0.29, 0.717) is 17.9 Å². The van der Waals surface area contributed by atoms with E-state index in [9.17, 15) is 4.79 Å². The molecule has 2 aromatic carbocycles. The van der Waals surface area contributed by atoms with Crippen LogP contribution in [0.4, 0.5) is 0 Å². The fourth-order valence-electron chi connectivity index (χ4n) is 3.79. The predicted molar refractivity (Wildman–Crippen MR) is 113 cm³/mol. The van der Waals surface area contributed by atoms with Crippen molar-refractivity contribution in [2.75, 3.05) is 13.1 Å². The molecular weight excluding hydrogens is 362 g/mol. The Bertz CT molecular complexity index is 874. The van der Waals surface area contributed by atoms with Gasteiger partial charge in [-0.3, -0.25) is 9.69 Å². The number of nitrogens with zero attached hydrogens (tertiary/aromatic N) is 2. The van der Waals surface area contributed by atoms with E-state index >= 15 is 0 Å². The third kappa shape index (κ3) is 5.82. The minimum atomic E-state index is -0.681. The molecule has 5 nitrogen and oxygen atoms in total. The van der Waals surface area contributed by atoms with Crippen molar-refractivity contribution in [3.05, 3.63) is 65.2 Å². The smallest absolute Gasteiger partial charge is 0.261 e. The molecule has 1 saturated heterocycles. The molecule has 0 radical (unpaired) electrons. The lowest BCUT2D eigenvalue weighted by Crippen LogP contribution is -2.37. The van der Waals surface area contributed by atoms with E-state index in [1.165, 1.54) is 18.4 Å². The van der Waals surface area contributed by atoms with Gasteiger partial charge in [0, 0.05) is 19.6 Å². The van der Waals surface area contributed by atoms with E-state index in [2.05, 4.69) is 41.4 Å². The highest BCUT2D eigenvalue weighted by atomic mass is 16.5. The van der Waals surface area contributed by atoms with Gasteiger partial charge in [-0.2, -0.15) is 5.26 Å². The van der Waals surface area contributed by atoms with Crippen molar-refractivity contribution in [2.24, 2.45) is 5.92 Å². The third-order valence-electron chi connectivity index (χ3n) is 5.39. The van der Waals surface area contributed by atoms with Gasteiger partial charge in [0.05, 0.1) is 5.56 Å². The lowest BCUT2D eigenvalue weighted by Gasteiger charge is -2.31. The normalized spacial score (nSPS) is 17.9. The maximum atomic E-state index is 12.5. The minimum absolute atomic E-state index is 0.195. The molecule has 0 aromatic heterocycles. The average molecular weight is 392 g/mol. The van der Waals surface area contributed by atoms with Crippen molar-refractivity contribution in [1.29, 1.82) is 5.26 Å². The summed E-state index contributed by atoms with van der Waals surface area (Å²) in [5.74, 6) is 0.973. The second kappa shape index (κ2) is 10.1. The molecule has 1 fully saturated rings. The second-order valence-corrected chi connectivity index (χ2v) is 7.84. The number of carbonyl (C=O) groups excluding carboxylic acids is 1. The van der Waals surface area contributed by atoms with Crippen LogP contribution in [0, 0.1) is 17.2 Å². The number of hydrogen-bond acceptors (Lipinski definition) is 4. The van der Waals surface area contributed by atoms with Crippen molar-refractivity contribution in [3.8, 4) is 11.8 Å². The Balaban J connectivity index is 1.58. The SMILES string of the molecule is C[C@@H]1CCCN(Cc2ccccc2CNC(=O)[C@H](C)Oc2ccccc2C#N)C1. The quantitative estimate of drug-likeness (QED) is 0.778. The Labute approximate surface area is 173 Å². The molecule has 1 N–H and O–H groups in total. The summed E-state index contributed by atoms with van der Waals surface area (Å²) in [5, 5.41) is 12.1. The van der Waals surface area contributed by atoms with Crippen LogP contribution in [0.15, 0.2) is 48.5 Å². The van der Waals surface area contributed by atoms with Crippen LogP contribution in [0.5, 0.6) is 5.75 Å². The van der Waals surface area contributed by atoms with Crippen LogP contribution in [-0.2, 0) is 17.9 Å². The van der Waals surface area contributed by atoms with Gasteiger partial charge < -0.3 is 10.1 Å². The van der Waals surface area contributed by atoms with Crippen molar-refractivity contribution in [2.45, 2.75) is 45.9 Å². The lowest BCUT2D eigenvalue weighted by atomic mass is 9.99. The lowest BCUT2D eigenvalue weighted by molar-refractivity contribution is -0.127. The summed E-state index contributed by atoms with van der Waals surface area (Å²) in [6, 6.07) is 17.3. The fourth-order valence-corrected chi connectivity index (χ4v) is 3.79. The van der Waals surface area contributed by atoms with E-state index in [1.807, 2.05) is 6.07 Å². The number of para-hydroxylation sites is 1. The van der Waals surface area contributed by atoms with E-state index in [0.717, 1.165) is 31.1 Å². The summed E-state index contributed by atoms with van der Waals surface area (Å²) in [4.78, 5) is 15.0. The third-order valence-corrected chi connectivity index (χ3v) is 5.39. The Morgan fingerprint density at radius 2 is 1.97 bits per heavy atom. The molecule has 0 spiro atoms. The van der Waals surface area contributed by atoms with Crippen molar-refractivity contribution in [1.82, 2.24) is 10.2 Å². The summed E-state index contributed by atoms with van der Waals surface area (Å²) < 4.78 is 5.71. The van der Waals surface area contributed by atoms with Crippen LogP contribution in [-0.4, -0.2) is 30.0 Å². The Morgan fingerprint density at radius 1 is 1.24 bits per heavy atom. The maximum absolute atomic E-state index is 12.5. The zero-order chi connectivity index (χ0) is 20.6. The molecule has 0 saturated carbocycles. The van der Waals surface area contributed by atoms with Gasteiger partial charge >= 0.3 is 0 Å². The summed E-state index contributed by atoms with van der Waals surface area (Å²) in [5.41, 5.74) is 2.81. The summed E-state index contributed by atoms with van der Waals surface area (Å²) in [7, 11) is 0. The molecule has 152 valence electrons. The first-order valence-corrected chi connectivity index (χ1v) is 10.3. The van der Waals surface area contributed by atoms with Gasteiger partial charge in [-0.25, -0.2) is 0 Å². The number of carbonyl (C=O) groups is 1. The number of piperidine rings is 1. The van der Waals surface area contributed by atoms with E-state index in [1.54, 1.807) is 31.2 Å². The highest BCUT2D eigenvalue weighted by Crippen LogP contribution is 2.20. The van der Waals surface area contributed by atoms with Gasteiger partial charge in [0.2, 0.25) is 0 Å². The number of ether oxygens (including phenoxy) is 1. The average Bonchev–Trinajstić information content (AvgIpc) is 2.73. The molecule has 1 aliphatic rings. The molecule has 2 aromatic rings. The number of nitrogens with one attached hydrogen (secondary N) is 1. The number of rotatable bonds is 7. The molecule has 1 heterocycles. The number of hydrogen-bond donors (Lipinski definition) is 1. The van der Waals surface area contributed by atoms with Crippen molar-refractivity contribution in [3.63, 3.8) is 0 Å². The van der Waals surface area contributed by atoms with Crippen molar-refractivity contribution >= 4 is 5.91 Å².